The smallest absolute Gasteiger partial charge is 0.328 e. The molecule has 8 heteroatoms. The number of nitrogens with zero attached hydrogens (tertiary/aromatic N) is 4. The average Bonchev–Trinajstić information content (AvgIpc) is 3.10. The molecule has 31 heavy (non-hydrogen) atoms. The maximum Gasteiger partial charge on any atom is 0.328 e. The van der Waals surface area contributed by atoms with Crippen molar-refractivity contribution in [3.8, 4) is 11.3 Å². The number of nitrogens with one attached hydrogen (secondary N) is 1. The number of aryl methyl sites for hydroxylation is 1. The van der Waals surface area contributed by atoms with Crippen LogP contribution >= 0.6 is 0 Å². The van der Waals surface area contributed by atoms with E-state index in [2.05, 4.69) is 15.4 Å². The molecule has 0 saturated carbocycles. The molecule has 1 aliphatic heterocycles. The van der Waals surface area contributed by atoms with Crippen LogP contribution in [0, 0.1) is 0 Å². The second-order valence-corrected chi connectivity index (χ2v) is 7.47. The first-order valence-electron chi connectivity index (χ1n) is 10.3. The molecule has 1 N–H and O–H groups in total. The number of methoxy groups -OCH3 is 1. The predicted molar refractivity (Wildman–Crippen MR) is 115 cm³/mol. The van der Waals surface area contributed by atoms with Gasteiger partial charge in [-0.3, -0.25) is 9.67 Å². The Morgan fingerprint density at radius 1 is 1.13 bits per heavy atom. The summed E-state index contributed by atoms with van der Waals surface area (Å²) in [4.78, 5) is 31.1. The molecule has 0 radical (unpaired) electrons. The van der Waals surface area contributed by atoms with Gasteiger partial charge in [0.15, 0.2) is 0 Å². The van der Waals surface area contributed by atoms with E-state index in [1.165, 1.54) is 7.11 Å². The zero-order valence-electron chi connectivity index (χ0n) is 17.4. The molecule has 0 fully saturated rings. The minimum Gasteiger partial charge on any atom is -0.467 e. The standard InChI is InChI=1S/C23H25N5O3/c1-31-22(29)21(14-17-6-3-2-4-7-17)25-23(30)27-12-5-13-28-19(16-27)15-20(26-28)18-8-10-24-11-9-18/h2-4,6-11,15,21H,5,12-14,16H2,1H3,(H,25,30)/t21-/m1/s1. The molecule has 1 atom stereocenters. The van der Waals surface area contributed by atoms with Crippen molar-refractivity contribution >= 4 is 12.0 Å². The van der Waals surface area contributed by atoms with E-state index >= 15 is 0 Å². The van der Waals surface area contributed by atoms with Crippen LogP contribution in [0.25, 0.3) is 11.3 Å². The van der Waals surface area contributed by atoms with Crippen molar-refractivity contribution in [1.82, 2.24) is 25.0 Å². The summed E-state index contributed by atoms with van der Waals surface area (Å²) in [6.45, 7) is 1.73. The number of carbonyl (C=O) groups excluding carboxylic acids is 2. The molecule has 3 heterocycles. The molecule has 4 rings (SSSR count). The number of ether oxygens (including phenoxy) is 1. The van der Waals surface area contributed by atoms with Crippen LogP contribution < -0.4 is 5.32 Å². The maximum absolute atomic E-state index is 13.0. The van der Waals surface area contributed by atoms with Crippen LogP contribution in [0.3, 0.4) is 0 Å². The fourth-order valence-corrected chi connectivity index (χ4v) is 3.73. The van der Waals surface area contributed by atoms with Gasteiger partial charge in [-0.1, -0.05) is 30.3 Å². The van der Waals surface area contributed by atoms with Gasteiger partial charge in [-0.25, -0.2) is 9.59 Å². The van der Waals surface area contributed by atoms with Crippen LogP contribution in [0.1, 0.15) is 17.7 Å². The number of hydrogen-bond donors (Lipinski definition) is 1. The number of aromatic nitrogens is 3. The SMILES string of the molecule is COC(=O)[C@@H](Cc1ccccc1)NC(=O)N1CCCn2nc(-c3ccncc3)cc2C1. The summed E-state index contributed by atoms with van der Waals surface area (Å²) in [6, 6.07) is 14.4. The van der Waals surface area contributed by atoms with E-state index in [0.717, 1.165) is 35.5 Å². The minimum absolute atomic E-state index is 0.286. The highest BCUT2D eigenvalue weighted by atomic mass is 16.5. The third kappa shape index (κ3) is 4.91. The van der Waals surface area contributed by atoms with Gasteiger partial charge < -0.3 is 15.0 Å². The number of carbonyl (C=O) groups is 2. The van der Waals surface area contributed by atoms with Gasteiger partial charge in [-0.05, 0) is 30.2 Å². The van der Waals surface area contributed by atoms with Crippen LogP contribution in [-0.2, 0) is 29.0 Å². The van der Waals surface area contributed by atoms with Crippen molar-refractivity contribution in [3.05, 3.63) is 72.2 Å². The second kappa shape index (κ2) is 9.42. The Morgan fingerprint density at radius 3 is 2.65 bits per heavy atom. The van der Waals surface area contributed by atoms with Crippen LogP contribution in [0.5, 0.6) is 0 Å². The van der Waals surface area contributed by atoms with Crippen LogP contribution in [0.2, 0.25) is 0 Å². The molecular weight excluding hydrogens is 394 g/mol. The lowest BCUT2D eigenvalue weighted by molar-refractivity contribution is -0.142. The van der Waals surface area contributed by atoms with Gasteiger partial charge in [-0.2, -0.15) is 5.10 Å². The van der Waals surface area contributed by atoms with E-state index in [1.807, 2.05) is 53.2 Å². The minimum atomic E-state index is -0.750. The number of pyridine rings is 1. The topological polar surface area (TPSA) is 89.4 Å². The van der Waals surface area contributed by atoms with Crippen molar-refractivity contribution in [2.75, 3.05) is 13.7 Å². The molecule has 0 saturated heterocycles. The van der Waals surface area contributed by atoms with E-state index in [1.54, 1.807) is 17.3 Å². The highest BCUT2D eigenvalue weighted by Crippen LogP contribution is 2.21. The van der Waals surface area contributed by atoms with Gasteiger partial charge in [0.1, 0.15) is 6.04 Å². The van der Waals surface area contributed by atoms with Gasteiger partial charge in [0.05, 0.1) is 25.0 Å². The first-order chi connectivity index (χ1) is 15.1. The molecule has 2 amide bonds. The third-order valence-corrected chi connectivity index (χ3v) is 5.34. The van der Waals surface area contributed by atoms with Gasteiger partial charge in [-0.15, -0.1) is 0 Å². The Kier molecular flexibility index (Phi) is 6.26. The summed E-state index contributed by atoms with van der Waals surface area (Å²) in [5.41, 5.74) is 3.75. The van der Waals surface area contributed by atoms with Gasteiger partial charge in [0.2, 0.25) is 0 Å². The molecule has 0 unspecified atom stereocenters. The fourth-order valence-electron chi connectivity index (χ4n) is 3.73. The number of benzene rings is 1. The highest BCUT2D eigenvalue weighted by molar-refractivity contribution is 5.83. The summed E-state index contributed by atoms with van der Waals surface area (Å²) in [5, 5.41) is 7.55. The van der Waals surface area contributed by atoms with Crippen LogP contribution in [-0.4, -0.2) is 51.4 Å². The van der Waals surface area contributed by atoms with Gasteiger partial charge >= 0.3 is 12.0 Å². The number of amides is 2. The largest absolute Gasteiger partial charge is 0.467 e. The van der Waals surface area contributed by atoms with E-state index in [0.29, 0.717) is 19.5 Å². The zero-order chi connectivity index (χ0) is 21.6. The molecule has 8 nitrogen and oxygen atoms in total. The summed E-state index contributed by atoms with van der Waals surface area (Å²) in [5.74, 6) is -0.461. The molecule has 0 bridgehead atoms. The van der Waals surface area contributed by atoms with Gasteiger partial charge in [0.25, 0.3) is 0 Å². The molecule has 160 valence electrons. The second-order valence-electron chi connectivity index (χ2n) is 7.47. The lowest BCUT2D eigenvalue weighted by atomic mass is 10.1. The molecule has 0 spiro atoms. The van der Waals surface area contributed by atoms with Crippen molar-refractivity contribution < 1.29 is 14.3 Å². The number of fused-ring (bicyclic) bond motifs is 1. The summed E-state index contributed by atoms with van der Waals surface area (Å²) in [6.07, 6.45) is 4.62. The third-order valence-electron chi connectivity index (χ3n) is 5.34. The fraction of sp³-hybridized carbons (Fsp3) is 0.304. The Balaban J connectivity index is 1.48. The molecule has 1 aliphatic rings. The first kappa shape index (κ1) is 20.6. The average molecular weight is 419 g/mol. The Labute approximate surface area is 180 Å². The van der Waals surface area contributed by atoms with Crippen molar-refractivity contribution in [2.45, 2.75) is 32.0 Å². The Hall–Kier alpha value is -3.68. The Bertz CT molecular complexity index is 1040. The molecule has 3 aromatic rings. The van der Waals surface area contributed by atoms with E-state index in [-0.39, 0.29) is 6.03 Å². The van der Waals surface area contributed by atoms with Crippen molar-refractivity contribution in [3.63, 3.8) is 0 Å². The lowest BCUT2D eigenvalue weighted by Gasteiger charge is -2.24. The molecule has 2 aromatic heterocycles. The predicted octanol–water partition coefficient (Wildman–Crippen LogP) is 2.64. The number of hydrogen-bond acceptors (Lipinski definition) is 5. The van der Waals surface area contributed by atoms with E-state index < -0.39 is 12.0 Å². The summed E-state index contributed by atoms with van der Waals surface area (Å²) in [7, 11) is 1.33. The van der Waals surface area contributed by atoms with Crippen molar-refractivity contribution in [1.29, 1.82) is 0 Å². The number of urea groups is 1. The molecule has 0 aliphatic carbocycles. The van der Waals surface area contributed by atoms with Crippen molar-refractivity contribution in [2.24, 2.45) is 0 Å². The normalized spacial score (nSPS) is 14.3. The quantitative estimate of drug-likeness (QED) is 0.642. The van der Waals surface area contributed by atoms with E-state index in [9.17, 15) is 9.59 Å². The summed E-state index contributed by atoms with van der Waals surface area (Å²) < 4.78 is 6.86. The molecular formula is C23H25N5O3. The number of rotatable bonds is 5. The number of esters is 1. The van der Waals surface area contributed by atoms with E-state index in [4.69, 9.17) is 4.74 Å². The summed E-state index contributed by atoms with van der Waals surface area (Å²) >= 11 is 0. The maximum atomic E-state index is 13.0. The van der Waals surface area contributed by atoms with Crippen LogP contribution in [0.4, 0.5) is 4.79 Å². The molecule has 1 aromatic carbocycles. The van der Waals surface area contributed by atoms with Gasteiger partial charge in [0, 0.05) is 37.5 Å². The van der Waals surface area contributed by atoms with Crippen LogP contribution in [0.15, 0.2) is 60.9 Å². The highest BCUT2D eigenvalue weighted by Gasteiger charge is 2.26. The first-order valence-corrected chi connectivity index (χ1v) is 10.3. The lowest BCUT2D eigenvalue weighted by Crippen LogP contribution is -2.49. The zero-order valence-corrected chi connectivity index (χ0v) is 17.4. The monoisotopic (exact) mass is 419 g/mol. The Morgan fingerprint density at radius 2 is 1.90 bits per heavy atom.